The van der Waals surface area contributed by atoms with E-state index in [0.717, 1.165) is 4.47 Å². The SMILES string of the molecule is O=C(Nc1c(C(=O)N2CCOCC2)oc2ccccc12)c1cc(Br)ccc1Cl. The van der Waals surface area contributed by atoms with E-state index in [9.17, 15) is 9.59 Å². The lowest BCUT2D eigenvalue weighted by molar-refractivity contribution is 0.0285. The summed E-state index contributed by atoms with van der Waals surface area (Å²) in [6.07, 6.45) is 0. The van der Waals surface area contributed by atoms with Crippen molar-refractivity contribution in [3.8, 4) is 0 Å². The molecule has 0 radical (unpaired) electrons. The van der Waals surface area contributed by atoms with Gasteiger partial charge in [-0.3, -0.25) is 9.59 Å². The van der Waals surface area contributed by atoms with Crippen molar-refractivity contribution in [3.63, 3.8) is 0 Å². The van der Waals surface area contributed by atoms with E-state index in [1.54, 1.807) is 35.2 Å². The summed E-state index contributed by atoms with van der Waals surface area (Å²) in [4.78, 5) is 27.6. The van der Waals surface area contributed by atoms with Crippen molar-refractivity contribution >= 4 is 56.0 Å². The number of furan rings is 1. The highest BCUT2D eigenvalue weighted by Gasteiger charge is 2.28. The molecule has 2 heterocycles. The molecule has 0 atom stereocenters. The predicted molar refractivity (Wildman–Crippen MR) is 110 cm³/mol. The van der Waals surface area contributed by atoms with E-state index in [1.165, 1.54) is 0 Å². The molecule has 4 rings (SSSR count). The standard InChI is InChI=1S/C20H16BrClN2O4/c21-12-5-6-15(22)14(11-12)19(25)23-17-13-3-1-2-4-16(13)28-18(17)20(26)24-7-9-27-10-8-24/h1-6,11H,7-10H2,(H,23,25). The second-order valence-electron chi connectivity index (χ2n) is 6.29. The maximum atomic E-state index is 13.0. The smallest absolute Gasteiger partial charge is 0.291 e. The molecule has 144 valence electrons. The molecule has 3 aromatic rings. The Bertz CT molecular complexity index is 1060. The molecule has 0 spiro atoms. The van der Waals surface area contributed by atoms with Gasteiger partial charge in [0, 0.05) is 22.9 Å². The topological polar surface area (TPSA) is 71.8 Å². The molecule has 1 aliphatic rings. The lowest BCUT2D eigenvalue weighted by Crippen LogP contribution is -2.40. The minimum Gasteiger partial charge on any atom is -0.449 e. The summed E-state index contributed by atoms with van der Waals surface area (Å²) in [5.41, 5.74) is 1.16. The van der Waals surface area contributed by atoms with E-state index < -0.39 is 5.91 Å². The van der Waals surface area contributed by atoms with Crippen LogP contribution in [0.15, 0.2) is 51.4 Å². The van der Waals surface area contributed by atoms with Gasteiger partial charge in [0.25, 0.3) is 11.8 Å². The zero-order chi connectivity index (χ0) is 19.7. The van der Waals surface area contributed by atoms with E-state index >= 15 is 0 Å². The van der Waals surface area contributed by atoms with Gasteiger partial charge in [-0.1, -0.05) is 39.7 Å². The molecule has 1 saturated heterocycles. The number of carbonyl (C=O) groups excluding carboxylic acids is 2. The molecule has 0 aliphatic carbocycles. The monoisotopic (exact) mass is 462 g/mol. The summed E-state index contributed by atoms with van der Waals surface area (Å²) in [6, 6.07) is 12.2. The second-order valence-corrected chi connectivity index (χ2v) is 7.61. The molecule has 1 aromatic heterocycles. The van der Waals surface area contributed by atoms with Gasteiger partial charge in [-0.15, -0.1) is 0 Å². The van der Waals surface area contributed by atoms with Crippen LogP contribution >= 0.6 is 27.5 Å². The Morgan fingerprint density at radius 1 is 1.11 bits per heavy atom. The number of nitrogens with zero attached hydrogens (tertiary/aromatic N) is 1. The van der Waals surface area contributed by atoms with Crippen molar-refractivity contribution in [1.82, 2.24) is 4.90 Å². The number of hydrogen-bond acceptors (Lipinski definition) is 4. The van der Waals surface area contributed by atoms with Crippen LogP contribution in [-0.2, 0) is 4.74 Å². The lowest BCUT2D eigenvalue weighted by Gasteiger charge is -2.26. The number of benzene rings is 2. The number of ether oxygens (including phenoxy) is 1. The summed E-state index contributed by atoms with van der Waals surface area (Å²) < 4.78 is 11.8. The highest BCUT2D eigenvalue weighted by atomic mass is 79.9. The van der Waals surface area contributed by atoms with Crippen LogP contribution < -0.4 is 5.32 Å². The number of halogens is 2. The first-order valence-corrected chi connectivity index (χ1v) is 9.86. The Labute approximate surface area is 174 Å². The first-order chi connectivity index (χ1) is 13.5. The van der Waals surface area contributed by atoms with Crippen molar-refractivity contribution in [2.45, 2.75) is 0 Å². The Morgan fingerprint density at radius 3 is 2.64 bits per heavy atom. The molecule has 0 saturated carbocycles. The van der Waals surface area contributed by atoms with Gasteiger partial charge < -0.3 is 19.4 Å². The Balaban J connectivity index is 1.73. The zero-order valence-corrected chi connectivity index (χ0v) is 17.0. The quantitative estimate of drug-likeness (QED) is 0.617. The number of nitrogens with one attached hydrogen (secondary N) is 1. The molecular weight excluding hydrogens is 448 g/mol. The van der Waals surface area contributed by atoms with E-state index in [2.05, 4.69) is 21.2 Å². The highest BCUT2D eigenvalue weighted by Crippen LogP contribution is 2.33. The van der Waals surface area contributed by atoms with Crippen LogP contribution in [0.4, 0.5) is 5.69 Å². The van der Waals surface area contributed by atoms with Gasteiger partial charge in [0.15, 0.2) is 0 Å². The molecule has 2 amide bonds. The van der Waals surface area contributed by atoms with Gasteiger partial charge in [-0.2, -0.15) is 0 Å². The average Bonchev–Trinajstić information content (AvgIpc) is 3.08. The molecular formula is C20H16BrClN2O4. The van der Waals surface area contributed by atoms with Gasteiger partial charge in [-0.05, 0) is 30.3 Å². The van der Waals surface area contributed by atoms with Crippen molar-refractivity contribution in [3.05, 3.63) is 63.3 Å². The highest BCUT2D eigenvalue weighted by molar-refractivity contribution is 9.10. The normalized spacial score (nSPS) is 14.3. The van der Waals surface area contributed by atoms with E-state index in [0.29, 0.717) is 53.5 Å². The molecule has 1 N–H and O–H groups in total. The third-order valence-electron chi connectivity index (χ3n) is 4.50. The Kier molecular flexibility index (Phi) is 5.39. The van der Waals surface area contributed by atoms with E-state index in [-0.39, 0.29) is 11.7 Å². The Morgan fingerprint density at radius 2 is 1.86 bits per heavy atom. The van der Waals surface area contributed by atoms with Crippen LogP contribution in [0.2, 0.25) is 5.02 Å². The predicted octanol–water partition coefficient (Wildman–Crippen LogP) is 4.57. The van der Waals surface area contributed by atoms with Gasteiger partial charge in [0.1, 0.15) is 11.3 Å². The summed E-state index contributed by atoms with van der Waals surface area (Å²) in [5, 5.41) is 3.79. The maximum Gasteiger partial charge on any atom is 0.291 e. The summed E-state index contributed by atoms with van der Waals surface area (Å²) in [6.45, 7) is 1.89. The number of rotatable bonds is 3. The fraction of sp³-hybridized carbons (Fsp3) is 0.200. The fourth-order valence-corrected chi connectivity index (χ4v) is 3.65. The molecule has 1 aliphatic heterocycles. The molecule has 0 unspecified atom stereocenters. The third-order valence-corrected chi connectivity index (χ3v) is 5.32. The van der Waals surface area contributed by atoms with E-state index in [4.69, 9.17) is 20.8 Å². The van der Waals surface area contributed by atoms with Gasteiger partial charge >= 0.3 is 0 Å². The largest absolute Gasteiger partial charge is 0.449 e. The average molecular weight is 464 g/mol. The van der Waals surface area contributed by atoms with Gasteiger partial charge in [0.05, 0.1) is 23.8 Å². The summed E-state index contributed by atoms with van der Waals surface area (Å²) in [5.74, 6) is -0.605. The van der Waals surface area contributed by atoms with Crippen LogP contribution in [0.5, 0.6) is 0 Å². The molecule has 0 bridgehead atoms. The first-order valence-electron chi connectivity index (χ1n) is 8.69. The van der Waals surface area contributed by atoms with Crippen LogP contribution in [0.25, 0.3) is 11.0 Å². The number of amides is 2. The molecule has 1 fully saturated rings. The second kappa shape index (κ2) is 7.95. The van der Waals surface area contributed by atoms with Gasteiger partial charge in [0.2, 0.25) is 5.76 Å². The van der Waals surface area contributed by atoms with Crippen LogP contribution in [0, 0.1) is 0 Å². The number of morpholine rings is 1. The van der Waals surface area contributed by atoms with Crippen molar-refractivity contribution in [2.75, 3.05) is 31.6 Å². The number of fused-ring (bicyclic) bond motifs is 1. The molecule has 2 aromatic carbocycles. The van der Waals surface area contributed by atoms with Crippen molar-refractivity contribution in [2.24, 2.45) is 0 Å². The minimum absolute atomic E-state index is 0.0996. The third kappa shape index (κ3) is 3.65. The number of carbonyl (C=O) groups is 2. The molecule has 6 nitrogen and oxygen atoms in total. The van der Waals surface area contributed by atoms with Crippen LogP contribution in [0.1, 0.15) is 20.9 Å². The van der Waals surface area contributed by atoms with Crippen molar-refractivity contribution in [1.29, 1.82) is 0 Å². The summed E-state index contributed by atoms with van der Waals surface area (Å²) >= 11 is 9.52. The lowest BCUT2D eigenvalue weighted by atomic mass is 10.1. The number of anilines is 1. The number of hydrogen-bond donors (Lipinski definition) is 1. The summed E-state index contributed by atoms with van der Waals surface area (Å²) in [7, 11) is 0. The fourth-order valence-electron chi connectivity index (χ4n) is 3.08. The zero-order valence-electron chi connectivity index (χ0n) is 14.7. The maximum absolute atomic E-state index is 13.0. The first kappa shape index (κ1) is 19.0. The Hall–Kier alpha value is -2.35. The van der Waals surface area contributed by atoms with E-state index in [1.807, 2.05) is 12.1 Å². The van der Waals surface area contributed by atoms with Crippen molar-refractivity contribution < 1.29 is 18.7 Å². The minimum atomic E-state index is -0.422. The van der Waals surface area contributed by atoms with Gasteiger partial charge in [-0.25, -0.2) is 0 Å². The molecule has 28 heavy (non-hydrogen) atoms. The van der Waals surface area contributed by atoms with Crippen LogP contribution in [-0.4, -0.2) is 43.0 Å². The number of para-hydroxylation sites is 1. The molecule has 8 heteroatoms. The van der Waals surface area contributed by atoms with Crippen LogP contribution in [0.3, 0.4) is 0 Å².